The number of anilines is 1. The molecule has 1 aliphatic heterocycles. The zero-order valence-electron chi connectivity index (χ0n) is 16.7. The summed E-state index contributed by atoms with van der Waals surface area (Å²) in [6, 6.07) is 6.98. The van der Waals surface area contributed by atoms with E-state index in [9.17, 15) is 4.79 Å². The van der Waals surface area contributed by atoms with Gasteiger partial charge in [0.15, 0.2) is 0 Å². The number of nitrogens with one attached hydrogen (secondary N) is 1. The molecule has 1 aromatic carbocycles. The van der Waals surface area contributed by atoms with E-state index in [0.29, 0.717) is 35.2 Å². The normalized spacial score (nSPS) is 17.8. The van der Waals surface area contributed by atoms with E-state index in [1.807, 2.05) is 19.1 Å². The third kappa shape index (κ3) is 4.68. The Morgan fingerprint density at radius 3 is 2.96 bits per heavy atom. The molecule has 7 nitrogen and oxygen atoms in total. The highest BCUT2D eigenvalue weighted by Crippen LogP contribution is 2.40. The van der Waals surface area contributed by atoms with E-state index in [1.54, 1.807) is 12.1 Å². The van der Waals surface area contributed by atoms with Gasteiger partial charge < -0.3 is 20.3 Å². The molecule has 0 spiro atoms. The molecule has 3 rings (SSSR count). The summed E-state index contributed by atoms with van der Waals surface area (Å²) in [6.07, 6.45) is 1.09. The number of pyridine rings is 1. The van der Waals surface area contributed by atoms with Crippen LogP contribution in [0.5, 0.6) is 11.5 Å². The molecule has 0 saturated heterocycles. The van der Waals surface area contributed by atoms with Crippen molar-refractivity contribution in [3.05, 3.63) is 36.0 Å². The van der Waals surface area contributed by atoms with Crippen molar-refractivity contribution in [1.29, 1.82) is 0 Å². The molecular weight excluding hydrogens is 346 g/mol. The Hall–Kier alpha value is -2.80. The minimum atomic E-state index is -1.20. The Balaban J connectivity index is 1.85. The number of nitrogens with two attached hydrogens (primary N) is 1. The summed E-state index contributed by atoms with van der Waals surface area (Å²) in [5, 5.41) is 11.1. The predicted molar refractivity (Wildman–Crippen MR) is 103 cm³/mol. The first-order valence-corrected chi connectivity index (χ1v) is 8.79. The second-order valence-corrected chi connectivity index (χ2v) is 7.52. The Morgan fingerprint density at radius 1 is 1.48 bits per heavy atom. The summed E-state index contributed by atoms with van der Waals surface area (Å²) in [7, 11) is 0. The van der Waals surface area contributed by atoms with Gasteiger partial charge in [-0.15, -0.1) is 0 Å². The number of nitrogens with zero attached hydrogens (tertiary/aromatic N) is 1. The van der Waals surface area contributed by atoms with Crippen molar-refractivity contribution in [2.24, 2.45) is 11.7 Å². The van der Waals surface area contributed by atoms with Crippen LogP contribution in [0.3, 0.4) is 0 Å². The maximum Gasteiger partial charge on any atom is 0.410 e. The fourth-order valence-electron chi connectivity index (χ4n) is 3.25. The number of carbonyl (C=O) groups is 1. The molecule has 0 radical (unpaired) electrons. The first kappa shape index (κ1) is 17.6. The van der Waals surface area contributed by atoms with Gasteiger partial charge in [0.1, 0.15) is 30.5 Å². The van der Waals surface area contributed by atoms with E-state index in [-0.39, 0.29) is 5.82 Å². The highest BCUT2D eigenvalue weighted by molar-refractivity contribution is 5.84. The molecule has 144 valence electrons. The largest absolute Gasteiger partial charge is 0.492 e. The minimum Gasteiger partial charge on any atom is -0.492 e. The summed E-state index contributed by atoms with van der Waals surface area (Å²) in [5.41, 5.74) is 7.88. The van der Waals surface area contributed by atoms with Crippen LogP contribution in [0.2, 0.25) is 0 Å². The van der Waals surface area contributed by atoms with E-state index in [2.05, 4.69) is 24.1 Å². The number of hydrogen-bond donors (Lipinski definition) is 3. The quantitative estimate of drug-likeness (QED) is 0.710. The summed E-state index contributed by atoms with van der Waals surface area (Å²) in [4.78, 5) is 14.9. The van der Waals surface area contributed by atoms with Crippen LogP contribution in [0.1, 0.15) is 34.1 Å². The summed E-state index contributed by atoms with van der Waals surface area (Å²) < 4.78 is 19.7. The molecule has 1 aliphatic rings. The highest BCUT2D eigenvalue weighted by atomic mass is 16.5. The second-order valence-electron chi connectivity index (χ2n) is 7.52. The van der Waals surface area contributed by atoms with Crippen LogP contribution in [-0.2, 0) is 6.58 Å². The monoisotopic (exact) mass is 372 g/mol. The smallest absolute Gasteiger partial charge is 0.410 e. The SMILES string of the molecule is [2H]C1Oc2cc(OCC(C)(N)CC(C)C)ccc2-c2cc(NC(=O)O)ncc21. The number of carboxylic acid groups (broad SMARTS) is 1. The number of fused-ring (bicyclic) bond motifs is 3. The molecule has 1 amide bonds. The van der Waals surface area contributed by atoms with Gasteiger partial charge in [-0.2, -0.15) is 0 Å². The maximum atomic E-state index is 10.9. The molecule has 4 N–H and O–H groups in total. The van der Waals surface area contributed by atoms with Crippen molar-refractivity contribution in [3.63, 3.8) is 0 Å². The van der Waals surface area contributed by atoms with Gasteiger partial charge in [0.2, 0.25) is 0 Å². The topological polar surface area (TPSA) is 107 Å². The van der Waals surface area contributed by atoms with Gasteiger partial charge in [0.25, 0.3) is 0 Å². The summed E-state index contributed by atoms with van der Waals surface area (Å²) in [5.74, 6) is 1.76. The van der Waals surface area contributed by atoms with E-state index in [1.165, 1.54) is 6.20 Å². The lowest BCUT2D eigenvalue weighted by atomic mass is 9.93. The van der Waals surface area contributed by atoms with Crippen molar-refractivity contribution >= 4 is 11.9 Å². The van der Waals surface area contributed by atoms with Crippen LogP contribution in [0.4, 0.5) is 10.6 Å². The van der Waals surface area contributed by atoms with Crippen molar-refractivity contribution < 1.29 is 20.7 Å². The third-order valence-corrected chi connectivity index (χ3v) is 4.17. The Morgan fingerprint density at radius 2 is 2.26 bits per heavy atom. The number of rotatable bonds is 6. The first-order chi connectivity index (χ1) is 13.1. The molecule has 0 bridgehead atoms. The van der Waals surface area contributed by atoms with E-state index in [0.717, 1.165) is 12.0 Å². The lowest BCUT2D eigenvalue weighted by molar-refractivity contribution is 0.205. The minimum absolute atomic E-state index is 0.194. The van der Waals surface area contributed by atoms with Gasteiger partial charge in [-0.25, -0.2) is 9.78 Å². The van der Waals surface area contributed by atoms with Crippen LogP contribution >= 0.6 is 0 Å². The lowest BCUT2D eigenvalue weighted by Crippen LogP contribution is -2.43. The Labute approximate surface area is 159 Å². The van der Waals surface area contributed by atoms with E-state index >= 15 is 0 Å². The van der Waals surface area contributed by atoms with Crippen LogP contribution in [-0.4, -0.2) is 28.3 Å². The number of hydrogen-bond acceptors (Lipinski definition) is 5. The Bertz CT molecular complexity index is 886. The molecule has 0 saturated carbocycles. The van der Waals surface area contributed by atoms with Crippen molar-refractivity contribution in [2.45, 2.75) is 39.3 Å². The van der Waals surface area contributed by atoms with Crippen LogP contribution in [0.25, 0.3) is 11.1 Å². The van der Waals surface area contributed by atoms with Gasteiger partial charge in [-0.3, -0.25) is 5.32 Å². The highest BCUT2D eigenvalue weighted by Gasteiger charge is 2.23. The lowest BCUT2D eigenvalue weighted by Gasteiger charge is -2.27. The molecule has 0 aliphatic carbocycles. The molecule has 2 heterocycles. The van der Waals surface area contributed by atoms with Gasteiger partial charge >= 0.3 is 6.09 Å². The van der Waals surface area contributed by atoms with Gasteiger partial charge in [-0.1, -0.05) is 13.8 Å². The molecule has 2 unspecified atom stereocenters. The number of aromatic nitrogens is 1. The number of ether oxygens (including phenoxy) is 2. The zero-order chi connectivity index (χ0) is 20.5. The number of amides is 1. The molecule has 27 heavy (non-hydrogen) atoms. The van der Waals surface area contributed by atoms with Crippen LogP contribution in [0.15, 0.2) is 30.5 Å². The maximum absolute atomic E-state index is 10.9. The summed E-state index contributed by atoms with van der Waals surface area (Å²) in [6.45, 7) is 5.60. The number of benzene rings is 1. The second kappa shape index (κ2) is 7.44. The van der Waals surface area contributed by atoms with E-state index < -0.39 is 18.2 Å². The predicted octanol–water partition coefficient (Wildman–Crippen LogP) is 3.87. The standard InChI is InChI=1S/C20H25N3O4/c1-12(2)8-20(3,21)11-27-14-4-5-15-16-7-18(23-19(24)25)22-9-13(16)10-26-17(15)6-14/h4-7,9,12H,8,10-11,21H2,1-3H3,(H,22,23)(H,24,25)/i10D. The fraction of sp³-hybridized carbons (Fsp3) is 0.400. The molecular formula is C20H25N3O4. The van der Waals surface area contributed by atoms with Crippen LogP contribution in [0, 0.1) is 5.92 Å². The molecule has 2 atom stereocenters. The van der Waals surface area contributed by atoms with Gasteiger partial charge in [0, 0.05) is 28.9 Å². The van der Waals surface area contributed by atoms with Crippen LogP contribution < -0.4 is 20.5 Å². The Kier molecular flexibility index (Phi) is 4.85. The third-order valence-electron chi connectivity index (χ3n) is 4.17. The summed E-state index contributed by atoms with van der Waals surface area (Å²) >= 11 is 0. The zero-order valence-corrected chi connectivity index (χ0v) is 15.7. The van der Waals surface area contributed by atoms with Gasteiger partial charge in [-0.05, 0) is 43.0 Å². The van der Waals surface area contributed by atoms with Crippen molar-refractivity contribution in [3.8, 4) is 22.6 Å². The van der Waals surface area contributed by atoms with Crippen molar-refractivity contribution in [2.75, 3.05) is 11.9 Å². The van der Waals surface area contributed by atoms with Crippen molar-refractivity contribution in [1.82, 2.24) is 4.98 Å². The van der Waals surface area contributed by atoms with E-state index in [4.69, 9.17) is 21.7 Å². The first-order valence-electron chi connectivity index (χ1n) is 9.37. The molecule has 7 heteroatoms. The fourth-order valence-corrected chi connectivity index (χ4v) is 3.25. The molecule has 0 fully saturated rings. The average molecular weight is 372 g/mol. The molecule has 1 aromatic heterocycles. The average Bonchev–Trinajstić information content (AvgIpc) is 2.58. The molecule has 2 aromatic rings. The van der Waals surface area contributed by atoms with Gasteiger partial charge in [0.05, 0.1) is 1.37 Å².